The molecule has 3 heterocycles. The van der Waals surface area contributed by atoms with Crippen molar-refractivity contribution >= 4 is 21.8 Å². The number of piperazine rings is 1. The molecule has 1 aliphatic heterocycles. The summed E-state index contributed by atoms with van der Waals surface area (Å²) in [6, 6.07) is 1.97. The largest absolute Gasteiger partial charge is 0.386 e. The summed E-state index contributed by atoms with van der Waals surface area (Å²) in [7, 11) is -3.89. The molecule has 1 fully saturated rings. The van der Waals surface area contributed by atoms with Crippen LogP contribution in [0.3, 0.4) is 0 Å². The van der Waals surface area contributed by atoms with Gasteiger partial charge in [0.1, 0.15) is 16.8 Å². The lowest BCUT2D eigenvalue weighted by Crippen LogP contribution is -2.54. The summed E-state index contributed by atoms with van der Waals surface area (Å²) in [5.41, 5.74) is 4.92. The number of pyridine rings is 1. The van der Waals surface area contributed by atoms with E-state index in [1.165, 1.54) is 35.0 Å². The number of nitrogen functional groups attached to an aromatic ring is 1. The standard InChI is InChI=1S/C19H24N6O3S/c1-4-5-15-13-24(29(27,28)16-6-7-17(20)21-12-16)8-9-25(15)18-22-10-14(11-23-18)19(2,3)26/h6-7,10-12,15,26H,8-9,13H2,1-3H3,(H2,20,21)/i1D3. The van der Waals surface area contributed by atoms with Gasteiger partial charge in [-0.05, 0) is 32.8 Å². The Hall–Kier alpha value is -2.74. The second-order valence-corrected chi connectivity index (χ2v) is 9.03. The first-order valence-electron chi connectivity index (χ1n) is 10.3. The molecule has 154 valence electrons. The van der Waals surface area contributed by atoms with Gasteiger partial charge in [-0.15, -0.1) is 5.92 Å². The van der Waals surface area contributed by atoms with Gasteiger partial charge in [-0.3, -0.25) is 0 Å². The van der Waals surface area contributed by atoms with E-state index >= 15 is 0 Å². The van der Waals surface area contributed by atoms with Gasteiger partial charge < -0.3 is 15.7 Å². The first-order chi connectivity index (χ1) is 14.8. The Morgan fingerprint density at radius 3 is 2.55 bits per heavy atom. The van der Waals surface area contributed by atoms with E-state index in [4.69, 9.17) is 9.85 Å². The molecule has 0 amide bonds. The number of aliphatic hydroxyl groups is 1. The van der Waals surface area contributed by atoms with Crippen LogP contribution in [0.15, 0.2) is 35.6 Å². The molecule has 0 radical (unpaired) electrons. The molecule has 3 rings (SSSR count). The lowest BCUT2D eigenvalue weighted by molar-refractivity contribution is 0.0778. The quantitative estimate of drug-likeness (QED) is 0.690. The van der Waals surface area contributed by atoms with Crippen LogP contribution in [0.5, 0.6) is 0 Å². The van der Waals surface area contributed by atoms with Crippen molar-refractivity contribution in [2.45, 2.75) is 37.2 Å². The Morgan fingerprint density at radius 2 is 1.97 bits per heavy atom. The number of rotatable bonds is 4. The van der Waals surface area contributed by atoms with Gasteiger partial charge in [-0.2, -0.15) is 4.31 Å². The first kappa shape index (κ1) is 17.1. The Bertz CT molecular complexity index is 1120. The van der Waals surface area contributed by atoms with Crippen molar-refractivity contribution in [3.63, 3.8) is 0 Å². The highest BCUT2D eigenvalue weighted by Crippen LogP contribution is 2.24. The SMILES string of the molecule is [2H]C([2H])([2H])C#CC1CN(S(=O)(=O)c2ccc(N)nc2)CCN1c1ncc(C(C)(C)O)cn1. The van der Waals surface area contributed by atoms with Gasteiger partial charge in [-0.25, -0.2) is 23.4 Å². The summed E-state index contributed by atoms with van der Waals surface area (Å²) in [6.07, 6.45) is 4.12. The van der Waals surface area contributed by atoms with Gasteiger partial charge in [-0.1, -0.05) is 5.92 Å². The third kappa shape index (κ3) is 4.48. The van der Waals surface area contributed by atoms with Gasteiger partial charge in [0, 0.05) is 47.9 Å². The normalized spacial score (nSPS) is 20.2. The van der Waals surface area contributed by atoms with Crippen LogP contribution in [0.1, 0.15) is 30.4 Å². The summed E-state index contributed by atoms with van der Waals surface area (Å²) in [4.78, 5) is 14.0. The second kappa shape index (κ2) is 7.94. The predicted molar refractivity (Wildman–Crippen MR) is 109 cm³/mol. The van der Waals surface area contributed by atoms with Gasteiger partial charge in [0.15, 0.2) is 0 Å². The zero-order valence-corrected chi connectivity index (χ0v) is 16.9. The number of hydrogen-bond acceptors (Lipinski definition) is 8. The average Bonchev–Trinajstić information content (AvgIpc) is 2.71. The van der Waals surface area contributed by atoms with Crippen LogP contribution in [-0.4, -0.2) is 58.5 Å². The van der Waals surface area contributed by atoms with Crippen LogP contribution in [-0.2, 0) is 15.6 Å². The molecule has 29 heavy (non-hydrogen) atoms. The molecular formula is C19H24N6O3S. The minimum Gasteiger partial charge on any atom is -0.386 e. The summed E-state index contributed by atoms with van der Waals surface area (Å²) in [5.74, 6) is 5.32. The zero-order chi connectivity index (χ0) is 23.7. The molecule has 3 N–H and O–H groups in total. The van der Waals surface area contributed by atoms with Crippen LogP contribution >= 0.6 is 0 Å². The van der Waals surface area contributed by atoms with Crippen molar-refractivity contribution in [1.82, 2.24) is 19.3 Å². The minimum atomic E-state index is -3.89. The Kier molecular flexibility index (Phi) is 4.70. The molecular weight excluding hydrogens is 392 g/mol. The number of nitrogens with two attached hydrogens (primary N) is 1. The molecule has 0 saturated carbocycles. The van der Waals surface area contributed by atoms with Crippen LogP contribution in [0.2, 0.25) is 0 Å². The first-order valence-corrected chi connectivity index (χ1v) is 10.3. The highest BCUT2D eigenvalue weighted by Gasteiger charge is 2.35. The van der Waals surface area contributed by atoms with Gasteiger partial charge >= 0.3 is 0 Å². The van der Waals surface area contributed by atoms with E-state index in [2.05, 4.69) is 26.8 Å². The third-order valence-corrected chi connectivity index (χ3v) is 6.43. The highest BCUT2D eigenvalue weighted by molar-refractivity contribution is 7.89. The maximum absolute atomic E-state index is 13.1. The second-order valence-electron chi connectivity index (χ2n) is 7.09. The van der Waals surface area contributed by atoms with Gasteiger partial charge in [0.25, 0.3) is 0 Å². The van der Waals surface area contributed by atoms with Crippen molar-refractivity contribution in [1.29, 1.82) is 0 Å². The monoisotopic (exact) mass is 419 g/mol. The fourth-order valence-corrected chi connectivity index (χ4v) is 4.28. The number of anilines is 2. The molecule has 0 spiro atoms. The van der Waals surface area contributed by atoms with Crippen LogP contribution < -0.4 is 10.6 Å². The van der Waals surface area contributed by atoms with Crippen LogP contribution in [0, 0.1) is 11.8 Å². The third-order valence-electron chi connectivity index (χ3n) is 4.58. The number of sulfonamides is 1. The molecule has 9 nitrogen and oxygen atoms in total. The molecule has 1 aliphatic rings. The average molecular weight is 420 g/mol. The summed E-state index contributed by atoms with van der Waals surface area (Å²) in [5, 5.41) is 10.1. The van der Waals surface area contributed by atoms with E-state index in [9.17, 15) is 13.5 Å². The van der Waals surface area contributed by atoms with E-state index in [1.807, 2.05) is 0 Å². The zero-order valence-electron chi connectivity index (χ0n) is 19.1. The van der Waals surface area contributed by atoms with E-state index < -0.39 is 28.5 Å². The van der Waals surface area contributed by atoms with Crippen molar-refractivity contribution in [3.05, 3.63) is 36.3 Å². The maximum Gasteiger partial charge on any atom is 0.244 e. The van der Waals surface area contributed by atoms with E-state index in [0.717, 1.165) is 0 Å². The topological polar surface area (TPSA) is 126 Å². The Balaban J connectivity index is 1.92. The number of nitrogens with zero attached hydrogens (tertiary/aromatic N) is 5. The molecule has 0 aliphatic carbocycles. The van der Waals surface area contributed by atoms with Crippen molar-refractivity contribution in [2.75, 3.05) is 30.3 Å². The molecule has 1 unspecified atom stereocenters. The molecule has 2 aromatic heterocycles. The van der Waals surface area contributed by atoms with Crippen molar-refractivity contribution in [2.24, 2.45) is 0 Å². The molecule has 1 atom stereocenters. The predicted octanol–water partition coefficient (Wildman–Crippen LogP) is 0.584. The van der Waals surface area contributed by atoms with E-state index in [0.29, 0.717) is 5.56 Å². The molecule has 2 aromatic rings. The molecule has 0 aromatic carbocycles. The fraction of sp³-hybridized carbons (Fsp3) is 0.421. The molecule has 1 saturated heterocycles. The lowest BCUT2D eigenvalue weighted by Gasteiger charge is -2.38. The maximum atomic E-state index is 13.1. The van der Waals surface area contributed by atoms with E-state index in [1.54, 1.807) is 18.7 Å². The van der Waals surface area contributed by atoms with Crippen LogP contribution in [0.4, 0.5) is 11.8 Å². The van der Waals surface area contributed by atoms with Crippen LogP contribution in [0.25, 0.3) is 0 Å². The summed E-state index contributed by atoms with van der Waals surface area (Å²) in [6.45, 7) is 0.905. The minimum absolute atomic E-state index is 0.0199. The molecule has 0 bridgehead atoms. The van der Waals surface area contributed by atoms with Crippen molar-refractivity contribution in [3.8, 4) is 11.8 Å². The summed E-state index contributed by atoms with van der Waals surface area (Å²) < 4.78 is 49.5. The lowest BCUT2D eigenvalue weighted by atomic mass is 10.0. The van der Waals surface area contributed by atoms with Gasteiger partial charge in [0.05, 0.1) is 5.60 Å². The van der Waals surface area contributed by atoms with E-state index in [-0.39, 0.29) is 36.3 Å². The number of aromatic nitrogens is 3. The van der Waals surface area contributed by atoms with Gasteiger partial charge in [0.2, 0.25) is 16.0 Å². The summed E-state index contributed by atoms with van der Waals surface area (Å²) >= 11 is 0. The number of hydrogen-bond donors (Lipinski definition) is 2. The van der Waals surface area contributed by atoms with Crippen molar-refractivity contribution < 1.29 is 17.6 Å². The molecule has 10 heteroatoms. The highest BCUT2D eigenvalue weighted by atomic mass is 32.2. The fourth-order valence-electron chi connectivity index (χ4n) is 2.90. The smallest absolute Gasteiger partial charge is 0.244 e. The Morgan fingerprint density at radius 1 is 1.24 bits per heavy atom. The Labute approximate surface area is 174 Å².